The van der Waals surface area contributed by atoms with Crippen LogP contribution >= 0.6 is 0 Å². The molecule has 2 aliphatic rings. The molecule has 224 valence electrons. The number of aliphatic hydroxyl groups is 1. The van der Waals surface area contributed by atoms with Crippen molar-refractivity contribution in [2.75, 3.05) is 0 Å². The zero-order chi connectivity index (χ0) is 31.2. The van der Waals surface area contributed by atoms with Crippen molar-refractivity contribution >= 4 is 17.3 Å². The second-order valence-electron chi connectivity index (χ2n) is 12.9. The molecule has 0 bridgehead atoms. The van der Waals surface area contributed by atoms with E-state index in [1.54, 1.807) is 24.3 Å². The Morgan fingerprint density at radius 1 is 0.905 bits per heavy atom. The third-order valence-electron chi connectivity index (χ3n) is 8.12. The lowest BCUT2D eigenvalue weighted by Gasteiger charge is -2.52. The highest BCUT2D eigenvalue weighted by atomic mass is 16.5. The largest absolute Gasteiger partial charge is 0.506 e. The number of hydrogen-bond donors (Lipinski definition) is 1. The van der Waals surface area contributed by atoms with Crippen molar-refractivity contribution in [3.05, 3.63) is 112 Å². The third kappa shape index (κ3) is 7.21. The summed E-state index contributed by atoms with van der Waals surface area (Å²) >= 11 is 0. The van der Waals surface area contributed by atoms with Crippen LogP contribution in [0.2, 0.25) is 0 Å². The van der Waals surface area contributed by atoms with Crippen LogP contribution in [0.3, 0.4) is 0 Å². The maximum absolute atomic E-state index is 14.8. The standard InChI is InChI=1S/C38H48O4/c1-25(2)14-13-22-37(9)30(19-17-26(3)4)24-38(23-21-28(7)8)35(41)32(33(39)29-15-11-10-12-16-29)34(40)31(36(38)42-37)20-18-27(5)6/h10-18,21-22,30,39H,19-20,23-24H2,1-9H3/b22-13+,33-32-/t30-,37+,38-/m0/s1. The molecule has 42 heavy (non-hydrogen) atoms. The number of benzene rings is 1. The molecule has 3 atom stereocenters. The van der Waals surface area contributed by atoms with Gasteiger partial charge in [-0.1, -0.05) is 83.0 Å². The van der Waals surface area contributed by atoms with Crippen LogP contribution < -0.4 is 0 Å². The molecule has 1 aliphatic heterocycles. The smallest absolute Gasteiger partial charge is 0.200 e. The van der Waals surface area contributed by atoms with Crippen LogP contribution in [0.25, 0.3) is 5.76 Å². The number of aliphatic hydroxyl groups excluding tert-OH is 1. The molecular weight excluding hydrogens is 520 g/mol. The second-order valence-corrected chi connectivity index (χ2v) is 12.9. The lowest BCUT2D eigenvalue weighted by atomic mass is 9.59. The minimum Gasteiger partial charge on any atom is -0.506 e. The van der Waals surface area contributed by atoms with Gasteiger partial charge in [0.1, 0.15) is 22.7 Å². The van der Waals surface area contributed by atoms with Gasteiger partial charge in [0.2, 0.25) is 0 Å². The molecular formula is C38H48O4. The van der Waals surface area contributed by atoms with Crippen LogP contribution in [0.1, 0.15) is 93.6 Å². The molecule has 1 aliphatic carbocycles. The molecule has 1 aromatic rings. The summed E-state index contributed by atoms with van der Waals surface area (Å²) in [4.78, 5) is 29.0. The summed E-state index contributed by atoms with van der Waals surface area (Å²) in [6.45, 7) is 18.3. The average Bonchev–Trinajstić information content (AvgIpc) is 2.91. The predicted octanol–water partition coefficient (Wildman–Crippen LogP) is 9.73. The van der Waals surface area contributed by atoms with Gasteiger partial charge in [-0.3, -0.25) is 9.59 Å². The fraction of sp³-hybridized carbons (Fsp3) is 0.421. The molecule has 0 spiro atoms. The van der Waals surface area contributed by atoms with E-state index in [0.717, 1.165) is 17.6 Å². The van der Waals surface area contributed by atoms with E-state index >= 15 is 0 Å². The predicted molar refractivity (Wildman–Crippen MR) is 174 cm³/mol. The van der Waals surface area contributed by atoms with Gasteiger partial charge in [-0.15, -0.1) is 0 Å². The lowest BCUT2D eigenvalue weighted by molar-refractivity contribution is -0.141. The number of Topliss-reactive ketones (excluding diaryl/α,β-unsaturated/α-hetero) is 2. The number of carbonyl (C=O) groups is 2. The van der Waals surface area contributed by atoms with Gasteiger partial charge in [0.15, 0.2) is 11.6 Å². The fourth-order valence-corrected chi connectivity index (χ4v) is 5.65. The summed E-state index contributed by atoms with van der Waals surface area (Å²) in [5.74, 6) is -0.686. The van der Waals surface area contributed by atoms with Crippen molar-refractivity contribution in [3.63, 3.8) is 0 Å². The van der Waals surface area contributed by atoms with Gasteiger partial charge >= 0.3 is 0 Å². The Kier molecular flexibility index (Phi) is 10.6. The van der Waals surface area contributed by atoms with E-state index in [0.29, 0.717) is 36.2 Å². The fourth-order valence-electron chi connectivity index (χ4n) is 5.65. The number of ether oxygens (including phenoxy) is 1. The van der Waals surface area contributed by atoms with Gasteiger partial charge < -0.3 is 9.84 Å². The summed E-state index contributed by atoms with van der Waals surface area (Å²) in [5.41, 5.74) is 3.39. The van der Waals surface area contributed by atoms with E-state index in [2.05, 4.69) is 39.0 Å². The summed E-state index contributed by atoms with van der Waals surface area (Å²) in [7, 11) is 0. The molecule has 1 saturated heterocycles. The topological polar surface area (TPSA) is 63.6 Å². The van der Waals surface area contributed by atoms with Crippen molar-refractivity contribution in [1.29, 1.82) is 0 Å². The molecule has 1 heterocycles. The molecule has 4 nitrogen and oxygen atoms in total. The first kappa shape index (κ1) is 32.8. The molecule has 1 fully saturated rings. The Hall–Kier alpha value is -3.66. The van der Waals surface area contributed by atoms with Crippen LogP contribution in [0, 0.1) is 11.3 Å². The molecule has 3 rings (SSSR count). The van der Waals surface area contributed by atoms with Gasteiger partial charge in [0, 0.05) is 17.1 Å². The van der Waals surface area contributed by atoms with Gasteiger partial charge in [-0.25, -0.2) is 0 Å². The van der Waals surface area contributed by atoms with E-state index in [1.807, 2.05) is 65.8 Å². The minimum absolute atomic E-state index is 0.0505. The maximum atomic E-state index is 14.8. The Morgan fingerprint density at radius 2 is 1.52 bits per heavy atom. The SMILES string of the molecule is CC(C)=C/C=C/[C@@]1(C)OC2=C(CC=C(C)C)C(=O)/C(=C(/O)c3ccccc3)C(=O)[C@]2(CC=C(C)C)C[C@@H]1CC=C(C)C. The first-order chi connectivity index (χ1) is 19.7. The number of carbonyl (C=O) groups excluding carboxylic acids is 2. The van der Waals surface area contributed by atoms with Crippen molar-refractivity contribution in [1.82, 2.24) is 0 Å². The molecule has 1 N–H and O–H groups in total. The van der Waals surface area contributed by atoms with Crippen LogP contribution in [-0.4, -0.2) is 22.3 Å². The van der Waals surface area contributed by atoms with Crippen molar-refractivity contribution < 1.29 is 19.4 Å². The van der Waals surface area contributed by atoms with E-state index in [1.165, 1.54) is 11.1 Å². The van der Waals surface area contributed by atoms with E-state index in [-0.39, 0.29) is 23.0 Å². The summed E-state index contributed by atoms with van der Waals surface area (Å²) < 4.78 is 6.99. The average molecular weight is 569 g/mol. The van der Waals surface area contributed by atoms with Gasteiger partial charge in [-0.05, 0) is 94.1 Å². The van der Waals surface area contributed by atoms with Crippen molar-refractivity contribution in [2.45, 2.75) is 93.6 Å². The highest BCUT2D eigenvalue weighted by Crippen LogP contribution is 2.56. The Balaban J connectivity index is 2.41. The molecule has 4 heteroatoms. The normalized spacial score (nSPS) is 24.9. The zero-order valence-corrected chi connectivity index (χ0v) is 26.9. The number of fused-ring (bicyclic) bond motifs is 1. The molecule has 1 aromatic carbocycles. The molecule has 0 amide bonds. The third-order valence-corrected chi connectivity index (χ3v) is 8.12. The summed E-state index contributed by atoms with van der Waals surface area (Å²) in [6, 6.07) is 8.86. The summed E-state index contributed by atoms with van der Waals surface area (Å²) in [6.07, 6.45) is 14.3. The van der Waals surface area contributed by atoms with Crippen LogP contribution in [0.15, 0.2) is 106 Å². The highest BCUT2D eigenvalue weighted by Gasteiger charge is 2.59. The molecule has 0 radical (unpaired) electrons. The number of ketones is 2. The second kappa shape index (κ2) is 13.5. The van der Waals surface area contributed by atoms with Gasteiger partial charge in [0.05, 0.1) is 5.41 Å². The molecule has 0 saturated carbocycles. The number of hydrogen-bond acceptors (Lipinski definition) is 4. The first-order valence-corrected chi connectivity index (χ1v) is 15.0. The number of rotatable bonds is 9. The zero-order valence-electron chi connectivity index (χ0n) is 26.9. The molecule has 0 unspecified atom stereocenters. The Bertz CT molecular complexity index is 1410. The van der Waals surface area contributed by atoms with Crippen LogP contribution in [0.5, 0.6) is 0 Å². The number of allylic oxidation sites excluding steroid dienone is 12. The van der Waals surface area contributed by atoms with Crippen molar-refractivity contribution in [3.8, 4) is 0 Å². The van der Waals surface area contributed by atoms with E-state index < -0.39 is 16.8 Å². The minimum atomic E-state index is -1.11. The van der Waals surface area contributed by atoms with Crippen LogP contribution in [-0.2, 0) is 14.3 Å². The van der Waals surface area contributed by atoms with Gasteiger partial charge in [-0.2, -0.15) is 0 Å². The molecule has 0 aromatic heterocycles. The monoisotopic (exact) mass is 568 g/mol. The van der Waals surface area contributed by atoms with Crippen LogP contribution in [0.4, 0.5) is 0 Å². The van der Waals surface area contributed by atoms with E-state index in [4.69, 9.17) is 4.74 Å². The lowest BCUT2D eigenvalue weighted by Crippen LogP contribution is -2.54. The first-order valence-electron chi connectivity index (χ1n) is 15.0. The Morgan fingerprint density at radius 3 is 2.10 bits per heavy atom. The summed E-state index contributed by atoms with van der Waals surface area (Å²) in [5, 5.41) is 11.5. The Labute approximate surface area is 253 Å². The van der Waals surface area contributed by atoms with E-state index in [9.17, 15) is 14.7 Å². The maximum Gasteiger partial charge on any atom is 0.200 e. The highest BCUT2D eigenvalue weighted by molar-refractivity contribution is 6.34. The quantitative estimate of drug-likeness (QED) is 0.106. The van der Waals surface area contributed by atoms with Gasteiger partial charge in [0.25, 0.3) is 0 Å². The van der Waals surface area contributed by atoms with Crippen molar-refractivity contribution in [2.24, 2.45) is 11.3 Å².